The lowest BCUT2D eigenvalue weighted by atomic mass is 10.1. The van der Waals surface area contributed by atoms with Gasteiger partial charge in [-0.25, -0.2) is 4.39 Å². The maximum absolute atomic E-state index is 13.4. The Morgan fingerprint density at radius 1 is 1.25 bits per heavy atom. The zero-order valence-corrected chi connectivity index (χ0v) is 9.59. The van der Waals surface area contributed by atoms with Crippen LogP contribution < -0.4 is 0 Å². The number of halogens is 3. The first kappa shape index (κ1) is 11.4. The van der Waals surface area contributed by atoms with Gasteiger partial charge in [0.1, 0.15) is 11.7 Å². The molecule has 0 fully saturated rings. The molecule has 0 saturated carbocycles. The van der Waals surface area contributed by atoms with Crippen LogP contribution in [0.5, 0.6) is 0 Å². The van der Waals surface area contributed by atoms with Crippen LogP contribution in [-0.4, -0.2) is 10.2 Å². The summed E-state index contributed by atoms with van der Waals surface area (Å²) in [6.45, 7) is 0. The number of benzene rings is 1. The molecule has 0 unspecified atom stereocenters. The van der Waals surface area contributed by atoms with Crippen LogP contribution in [0.4, 0.5) is 4.39 Å². The molecule has 6 heteroatoms. The summed E-state index contributed by atoms with van der Waals surface area (Å²) in [7, 11) is 0. The molecule has 0 aliphatic rings. The fourth-order valence-electron chi connectivity index (χ4n) is 1.27. The zero-order valence-electron chi connectivity index (χ0n) is 8.08. The van der Waals surface area contributed by atoms with E-state index in [0.29, 0.717) is 22.4 Å². The van der Waals surface area contributed by atoms with Crippen LogP contribution in [0.25, 0.3) is 0 Å². The third kappa shape index (κ3) is 2.33. The molecule has 1 aromatic heterocycles. The molecule has 84 valence electrons. The largest absolute Gasteiger partial charge is 0.424 e. The molecule has 2 aromatic rings. The smallest absolute Gasteiger partial charge is 0.231 e. The molecule has 1 heterocycles. The van der Waals surface area contributed by atoms with Gasteiger partial charge in [0.2, 0.25) is 11.8 Å². The molecule has 2 rings (SSSR count). The maximum Gasteiger partial charge on any atom is 0.231 e. The van der Waals surface area contributed by atoms with Crippen molar-refractivity contribution in [2.24, 2.45) is 0 Å². The number of hydrogen-bond acceptors (Lipinski definition) is 3. The molecule has 0 amide bonds. The van der Waals surface area contributed by atoms with Crippen LogP contribution in [0.2, 0.25) is 5.02 Å². The van der Waals surface area contributed by atoms with Gasteiger partial charge in [0.25, 0.3) is 0 Å². The topological polar surface area (TPSA) is 38.9 Å². The monoisotopic (exact) mass is 260 g/mol. The van der Waals surface area contributed by atoms with Gasteiger partial charge in [0.15, 0.2) is 0 Å². The Bertz CT molecular complexity index is 481. The minimum atomic E-state index is -0.391. The highest BCUT2D eigenvalue weighted by Gasteiger charge is 2.12. The molecule has 0 saturated heterocycles. The number of hydrogen-bond donors (Lipinski definition) is 0. The van der Waals surface area contributed by atoms with Gasteiger partial charge in [0, 0.05) is 10.6 Å². The first-order chi connectivity index (χ1) is 7.70. The minimum absolute atomic E-state index is 0.137. The van der Waals surface area contributed by atoms with E-state index in [1.165, 1.54) is 6.07 Å². The SMILES string of the molecule is Fc1cccc(Cl)c1Cc1nnc(CCl)o1. The third-order valence-corrected chi connectivity index (χ3v) is 2.60. The molecule has 0 aliphatic heterocycles. The molecule has 0 aliphatic carbocycles. The highest BCUT2D eigenvalue weighted by Crippen LogP contribution is 2.21. The predicted octanol–water partition coefficient (Wildman–Crippen LogP) is 3.19. The van der Waals surface area contributed by atoms with E-state index in [1.807, 2.05) is 0 Å². The van der Waals surface area contributed by atoms with Gasteiger partial charge in [-0.05, 0) is 12.1 Å². The highest BCUT2D eigenvalue weighted by molar-refractivity contribution is 6.31. The lowest BCUT2D eigenvalue weighted by Gasteiger charge is -2.01. The molecular weight excluding hydrogens is 254 g/mol. The average molecular weight is 261 g/mol. The van der Waals surface area contributed by atoms with Gasteiger partial charge in [-0.2, -0.15) is 0 Å². The number of alkyl halides is 1. The summed E-state index contributed by atoms with van der Waals surface area (Å²) >= 11 is 11.4. The summed E-state index contributed by atoms with van der Waals surface area (Å²) in [5.41, 5.74) is 0.342. The van der Waals surface area contributed by atoms with E-state index in [4.69, 9.17) is 27.6 Å². The molecule has 16 heavy (non-hydrogen) atoms. The molecular formula is C10H7Cl2FN2O. The highest BCUT2D eigenvalue weighted by atomic mass is 35.5. The Morgan fingerprint density at radius 2 is 2.00 bits per heavy atom. The van der Waals surface area contributed by atoms with Crippen molar-refractivity contribution in [2.75, 3.05) is 0 Å². The molecule has 0 spiro atoms. The van der Waals surface area contributed by atoms with Crippen molar-refractivity contribution in [3.8, 4) is 0 Å². The van der Waals surface area contributed by atoms with Crippen molar-refractivity contribution in [3.05, 3.63) is 46.4 Å². The second kappa shape index (κ2) is 4.80. The van der Waals surface area contributed by atoms with E-state index in [-0.39, 0.29) is 12.3 Å². The second-order valence-electron chi connectivity index (χ2n) is 3.10. The van der Waals surface area contributed by atoms with Gasteiger partial charge in [0.05, 0.1) is 6.42 Å². The second-order valence-corrected chi connectivity index (χ2v) is 3.77. The fourth-order valence-corrected chi connectivity index (χ4v) is 1.60. The predicted molar refractivity (Wildman–Crippen MR) is 58.1 cm³/mol. The van der Waals surface area contributed by atoms with Gasteiger partial charge in [-0.3, -0.25) is 0 Å². The van der Waals surface area contributed by atoms with Crippen LogP contribution in [0.3, 0.4) is 0 Å². The van der Waals surface area contributed by atoms with Crippen molar-refractivity contribution in [1.29, 1.82) is 0 Å². The van der Waals surface area contributed by atoms with Gasteiger partial charge in [-0.1, -0.05) is 17.7 Å². The number of rotatable bonds is 3. The quantitative estimate of drug-likeness (QED) is 0.796. The van der Waals surface area contributed by atoms with E-state index >= 15 is 0 Å². The molecule has 0 bridgehead atoms. The molecule has 3 nitrogen and oxygen atoms in total. The van der Waals surface area contributed by atoms with Gasteiger partial charge in [-0.15, -0.1) is 21.8 Å². The first-order valence-electron chi connectivity index (χ1n) is 4.51. The lowest BCUT2D eigenvalue weighted by molar-refractivity contribution is 0.469. The van der Waals surface area contributed by atoms with E-state index in [1.54, 1.807) is 12.1 Å². The van der Waals surface area contributed by atoms with Gasteiger partial charge >= 0.3 is 0 Å². The number of nitrogens with zero attached hydrogens (tertiary/aromatic N) is 2. The standard InChI is InChI=1S/C10H7Cl2FN2O/c11-5-10-15-14-9(16-10)4-6-7(12)2-1-3-8(6)13/h1-3H,4-5H2. The van der Waals surface area contributed by atoms with Crippen LogP contribution >= 0.6 is 23.2 Å². The molecule has 0 N–H and O–H groups in total. The van der Waals surface area contributed by atoms with Crippen molar-refractivity contribution >= 4 is 23.2 Å². The van der Waals surface area contributed by atoms with Crippen LogP contribution in [-0.2, 0) is 12.3 Å². The van der Waals surface area contributed by atoms with E-state index in [2.05, 4.69) is 10.2 Å². The lowest BCUT2D eigenvalue weighted by Crippen LogP contribution is -1.94. The van der Waals surface area contributed by atoms with Crippen molar-refractivity contribution in [1.82, 2.24) is 10.2 Å². The Labute approximate surface area is 101 Å². The summed E-state index contributed by atoms with van der Waals surface area (Å²) in [4.78, 5) is 0. The normalized spacial score (nSPS) is 10.7. The molecule has 1 aromatic carbocycles. The van der Waals surface area contributed by atoms with Crippen molar-refractivity contribution in [3.63, 3.8) is 0 Å². The molecule has 0 atom stereocenters. The van der Waals surface area contributed by atoms with E-state index in [0.717, 1.165) is 0 Å². The van der Waals surface area contributed by atoms with E-state index < -0.39 is 5.82 Å². The molecule has 0 radical (unpaired) electrons. The minimum Gasteiger partial charge on any atom is -0.424 e. The van der Waals surface area contributed by atoms with Gasteiger partial charge < -0.3 is 4.42 Å². The fraction of sp³-hybridized carbons (Fsp3) is 0.200. The summed E-state index contributed by atoms with van der Waals surface area (Å²) in [5, 5.41) is 7.75. The first-order valence-corrected chi connectivity index (χ1v) is 5.42. The van der Waals surface area contributed by atoms with E-state index in [9.17, 15) is 4.39 Å². The summed E-state index contributed by atoms with van der Waals surface area (Å²) in [5.74, 6) is 0.350. The summed E-state index contributed by atoms with van der Waals surface area (Å²) in [6.07, 6.45) is 0.162. The van der Waals surface area contributed by atoms with Crippen LogP contribution in [0.1, 0.15) is 17.3 Å². The Hall–Kier alpha value is -1.13. The van der Waals surface area contributed by atoms with Crippen LogP contribution in [0.15, 0.2) is 22.6 Å². The maximum atomic E-state index is 13.4. The zero-order chi connectivity index (χ0) is 11.5. The van der Waals surface area contributed by atoms with Crippen LogP contribution in [0, 0.1) is 5.82 Å². The van der Waals surface area contributed by atoms with Crippen molar-refractivity contribution in [2.45, 2.75) is 12.3 Å². The third-order valence-electron chi connectivity index (χ3n) is 2.01. The Kier molecular flexibility index (Phi) is 3.41. The summed E-state index contributed by atoms with van der Waals surface area (Å²) in [6, 6.07) is 4.48. The average Bonchev–Trinajstić information content (AvgIpc) is 2.71. The summed E-state index contributed by atoms with van der Waals surface area (Å²) < 4.78 is 18.6. The Morgan fingerprint density at radius 3 is 2.62 bits per heavy atom. The van der Waals surface area contributed by atoms with Crippen molar-refractivity contribution < 1.29 is 8.81 Å². The Balaban J connectivity index is 2.26. The number of aromatic nitrogens is 2.